The van der Waals surface area contributed by atoms with E-state index < -0.39 is 0 Å². The maximum atomic E-state index is 12.8. The predicted molar refractivity (Wildman–Crippen MR) is 91.9 cm³/mol. The van der Waals surface area contributed by atoms with Gasteiger partial charge < -0.3 is 10.2 Å². The highest BCUT2D eigenvalue weighted by Crippen LogP contribution is 2.24. The van der Waals surface area contributed by atoms with Gasteiger partial charge in [0.15, 0.2) is 0 Å². The highest BCUT2D eigenvalue weighted by atomic mass is 16.2. The summed E-state index contributed by atoms with van der Waals surface area (Å²) in [6.45, 7) is 3.45. The van der Waals surface area contributed by atoms with Gasteiger partial charge in [0.25, 0.3) is 5.91 Å². The van der Waals surface area contributed by atoms with E-state index in [0.717, 1.165) is 49.6 Å². The second-order valence-electron chi connectivity index (χ2n) is 6.37. The number of aromatic nitrogens is 4. The van der Waals surface area contributed by atoms with Gasteiger partial charge in [-0.05, 0) is 32.1 Å². The third kappa shape index (κ3) is 3.39. The lowest BCUT2D eigenvalue weighted by molar-refractivity contribution is 0.0672. The lowest BCUT2D eigenvalue weighted by Gasteiger charge is -2.32. The van der Waals surface area contributed by atoms with Crippen molar-refractivity contribution in [1.29, 1.82) is 0 Å². The SMILES string of the molecule is CNc1nccnc1C[C@@H]1CCCN(C(=O)c2cn(C)nc2C)C1. The molecule has 0 bridgehead atoms. The molecule has 1 aliphatic rings. The van der Waals surface area contributed by atoms with Crippen molar-refractivity contribution in [2.45, 2.75) is 26.2 Å². The maximum Gasteiger partial charge on any atom is 0.257 e. The molecule has 0 spiro atoms. The Morgan fingerprint density at radius 3 is 2.88 bits per heavy atom. The molecule has 7 nitrogen and oxygen atoms in total. The highest BCUT2D eigenvalue weighted by Gasteiger charge is 2.27. The molecule has 1 amide bonds. The molecular weight excluding hydrogens is 304 g/mol. The molecule has 3 heterocycles. The molecule has 1 fully saturated rings. The monoisotopic (exact) mass is 328 g/mol. The number of piperidine rings is 1. The van der Waals surface area contributed by atoms with Crippen LogP contribution in [0, 0.1) is 12.8 Å². The summed E-state index contributed by atoms with van der Waals surface area (Å²) in [4.78, 5) is 23.5. The van der Waals surface area contributed by atoms with Crippen molar-refractivity contribution in [3.8, 4) is 0 Å². The summed E-state index contributed by atoms with van der Waals surface area (Å²) in [6.07, 6.45) is 8.18. The third-order valence-corrected chi connectivity index (χ3v) is 4.54. The van der Waals surface area contributed by atoms with Crippen LogP contribution < -0.4 is 5.32 Å². The standard InChI is InChI=1S/C17H24N6O/c1-12-14(11-22(3)21-12)17(24)23-8-4-5-13(10-23)9-15-16(18-2)20-7-6-19-15/h6-7,11,13H,4-5,8-10H2,1-3H3,(H,18,20)/t13-/m0/s1. The minimum Gasteiger partial charge on any atom is -0.372 e. The molecule has 0 unspecified atom stereocenters. The highest BCUT2D eigenvalue weighted by molar-refractivity contribution is 5.95. The molecule has 2 aromatic heterocycles. The zero-order valence-corrected chi connectivity index (χ0v) is 14.5. The van der Waals surface area contributed by atoms with E-state index in [-0.39, 0.29) is 5.91 Å². The van der Waals surface area contributed by atoms with Crippen LogP contribution in [0.5, 0.6) is 0 Å². The fourth-order valence-electron chi connectivity index (χ4n) is 3.39. The van der Waals surface area contributed by atoms with Crippen LogP contribution in [0.4, 0.5) is 5.82 Å². The average Bonchev–Trinajstić information content (AvgIpc) is 2.93. The molecule has 0 aromatic carbocycles. The summed E-state index contributed by atoms with van der Waals surface area (Å²) in [7, 11) is 3.70. The topological polar surface area (TPSA) is 75.9 Å². The number of likely N-dealkylation sites (tertiary alicyclic amines) is 1. The molecule has 0 aliphatic carbocycles. The van der Waals surface area contributed by atoms with Crippen molar-refractivity contribution in [2.24, 2.45) is 13.0 Å². The van der Waals surface area contributed by atoms with E-state index >= 15 is 0 Å². The molecule has 2 aromatic rings. The minimum absolute atomic E-state index is 0.0817. The molecule has 0 radical (unpaired) electrons. The van der Waals surface area contributed by atoms with Gasteiger partial charge in [0, 0.05) is 45.8 Å². The van der Waals surface area contributed by atoms with Gasteiger partial charge in [-0.25, -0.2) is 4.98 Å². The first-order valence-corrected chi connectivity index (χ1v) is 8.35. The fourth-order valence-corrected chi connectivity index (χ4v) is 3.39. The third-order valence-electron chi connectivity index (χ3n) is 4.54. The Hall–Kier alpha value is -2.44. The van der Waals surface area contributed by atoms with E-state index in [0.29, 0.717) is 11.5 Å². The number of hydrogen-bond donors (Lipinski definition) is 1. The zero-order valence-electron chi connectivity index (χ0n) is 14.5. The predicted octanol–water partition coefficient (Wildman–Crippen LogP) is 1.66. The number of anilines is 1. The van der Waals surface area contributed by atoms with Crippen LogP contribution in [0.15, 0.2) is 18.6 Å². The number of rotatable bonds is 4. The summed E-state index contributed by atoms with van der Waals surface area (Å²) in [5.74, 6) is 1.31. The Labute approximate surface area is 142 Å². The average molecular weight is 328 g/mol. The summed E-state index contributed by atoms with van der Waals surface area (Å²) < 4.78 is 1.70. The van der Waals surface area contributed by atoms with Gasteiger partial charge in [-0.15, -0.1) is 0 Å². The molecule has 3 rings (SSSR count). The number of nitrogens with zero attached hydrogens (tertiary/aromatic N) is 5. The number of amides is 1. The molecule has 24 heavy (non-hydrogen) atoms. The number of carbonyl (C=O) groups is 1. The summed E-state index contributed by atoms with van der Waals surface area (Å²) in [5.41, 5.74) is 2.46. The number of carbonyl (C=O) groups excluding carboxylic acids is 1. The molecule has 1 aliphatic heterocycles. The Balaban J connectivity index is 1.70. The van der Waals surface area contributed by atoms with Crippen molar-refractivity contribution in [3.05, 3.63) is 35.5 Å². The quantitative estimate of drug-likeness (QED) is 0.924. The van der Waals surface area contributed by atoms with Crippen molar-refractivity contribution in [3.63, 3.8) is 0 Å². The van der Waals surface area contributed by atoms with Crippen LogP contribution in [0.25, 0.3) is 0 Å². The molecule has 1 atom stereocenters. The molecule has 128 valence electrons. The second kappa shape index (κ2) is 6.98. The molecule has 1 saturated heterocycles. The Morgan fingerprint density at radius 1 is 1.38 bits per heavy atom. The van der Waals surface area contributed by atoms with Gasteiger partial charge in [0.1, 0.15) is 5.82 Å². The van der Waals surface area contributed by atoms with Crippen LogP contribution >= 0.6 is 0 Å². The fraction of sp³-hybridized carbons (Fsp3) is 0.529. The number of nitrogens with one attached hydrogen (secondary N) is 1. The first-order valence-electron chi connectivity index (χ1n) is 8.35. The molecular formula is C17H24N6O. The van der Waals surface area contributed by atoms with E-state index in [9.17, 15) is 4.79 Å². The summed E-state index contributed by atoms with van der Waals surface area (Å²) in [6, 6.07) is 0. The number of hydrogen-bond acceptors (Lipinski definition) is 5. The van der Waals surface area contributed by atoms with Gasteiger partial charge in [0.05, 0.1) is 17.0 Å². The summed E-state index contributed by atoms with van der Waals surface area (Å²) >= 11 is 0. The van der Waals surface area contributed by atoms with Crippen molar-refractivity contribution in [2.75, 3.05) is 25.5 Å². The first-order chi connectivity index (χ1) is 11.6. The maximum absolute atomic E-state index is 12.8. The normalized spacial score (nSPS) is 17.8. The minimum atomic E-state index is 0.0817. The lowest BCUT2D eigenvalue weighted by atomic mass is 9.92. The zero-order chi connectivity index (χ0) is 17.1. The van der Waals surface area contributed by atoms with E-state index in [1.54, 1.807) is 17.1 Å². The van der Waals surface area contributed by atoms with E-state index in [1.807, 2.05) is 32.1 Å². The van der Waals surface area contributed by atoms with E-state index in [1.165, 1.54) is 0 Å². The molecule has 1 N–H and O–H groups in total. The molecule has 0 saturated carbocycles. The summed E-state index contributed by atoms with van der Waals surface area (Å²) in [5, 5.41) is 7.37. The van der Waals surface area contributed by atoms with Crippen molar-refractivity contribution >= 4 is 11.7 Å². The van der Waals surface area contributed by atoms with Crippen molar-refractivity contribution < 1.29 is 4.79 Å². The second-order valence-corrected chi connectivity index (χ2v) is 6.37. The first kappa shape index (κ1) is 16.4. The van der Waals surface area contributed by atoms with Crippen LogP contribution in [0.1, 0.15) is 34.6 Å². The van der Waals surface area contributed by atoms with E-state index in [4.69, 9.17) is 0 Å². The van der Waals surface area contributed by atoms with Crippen LogP contribution in [0.3, 0.4) is 0 Å². The van der Waals surface area contributed by atoms with Crippen LogP contribution in [-0.2, 0) is 13.5 Å². The van der Waals surface area contributed by atoms with Gasteiger partial charge >= 0.3 is 0 Å². The van der Waals surface area contributed by atoms with Crippen molar-refractivity contribution in [1.82, 2.24) is 24.6 Å². The van der Waals surface area contributed by atoms with Gasteiger partial charge in [-0.2, -0.15) is 5.10 Å². The Bertz CT molecular complexity index is 726. The van der Waals surface area contributed by atoms with Crippen LogP contribution in [0.2, 0.25) is 0 Å². The Morgan fingerprint density at radius 2 is 2.17 bits per heavy atom. The van der Waals surface area contributed by atoms with Gasteiger partial charge in [-0.1, -0.05) is 0 Å². The van der Waals surface area contributed by atoms with Gasteiger partial charge in [0.2, 0.25) is 0 Å². The number of aryl methyl sites for hydroxylation is 2. The Kier molecular flexibility index (Phi) is 4.78. The lowest BCUT2D eigenvalue weighted by Crippen LogP contribution is -2.40. The molecule has 7 heteroatoms. The van der Waals surface area contributed by atoms with E-state index in [2.05, 4.69) is 20.4 Å². The largest absolute Gasteiger partial charge is 0.372 e. The van der Waals surface area contributed by atoms with Crippen LogP contribution in [-0.4, -0.2) is 50.7 Å². The smallest absolute Gasteiger partial charge is 0.257 e. The van der Waals surface area contributed by atoms with Gasteiger partial charge in [-0.3, -0.25) is 14.5 Å².